The highest BCUT2D eigenvalue weighted by Gasteiger charge is 2.14. The molecule has 1 aromatic heterocycles. The second-order valence-electron chi connectivity index (χ2n) is 4.85. The van der Waals surface area contributed by atoms with Crippen LogP contribution in [0.3, 0.4) is 0 Å². The normalized spacial score (nSPS) is 10.7. The zero-order valence-corrected chi connectivity index (χ0v) is 12.4. The number of rotatable bonds is 3. The Kier molecular flexibility index (Phi) is 3.71. The molecule has 0 atom stereocenters. The van der Waals surface area contributed by atoms with Crippen LogP contribution in [0.15, 0.2) is 12.1 Å². The minimum Gasteiger partial charge on any atom is -0.481 e. The van der Waals surface area contributed by atoms with E-state index in [9.17, 15) is 4.79 Å². The summed E-state index contributed by atoms with van der Waals surface area (Å²) in [5.74, 6) is -0.810. The zero-order chi connectivity index (χ0) is 14.2. The van der Waals surface area contributed by atoms with Crippen molar-refractivity contribution in [2.75, 3.05) is 0 Å². The molecule has 19 heavy (non-hydrogen) atoms. The third-order valence-corrected chi connectivity index (χ3v) is 4.47. The quantitative estimate of drug-likeness (QED) is 0.929. The average molecular weight is 275 g/mol. The molecule has 0 unspecified atom stereocenters. The second kappa shape index (κ2) is 5.13. The molecule has 0 radical (unpaired) electrons. The van der Waals surface area contributed by atoms with Crippen molar-refractivity contribution >= 4 is 17.3 Å². The molecule has 0 amide bonds. The highest BCUT2D eigenvalue weighted by atomic mass is 32.1. The van der Waals surface area contributed by atoms with Crippen LogP contribution in [0.5, 0.6) is 0 Å². The second-order valence-corrected chi connectivity index (χ2v) is 5.93. The molecule has 0 aliphatic carbocycles. The summed E-state index contributed by atoms with van der Waals surface area (Å²) in [6, 6.07) is 4.28. The molecule has 1 aromatic carbocycles. The number of thiazole rings is 1. The lowest BCUT2D eigenvalue weighted by atomic mass is 10.0. The Hall–Kier alpha value is -1.68. The van der Waals surface area contributed by atoms with Crippen LogP contribution in [-0.2, 0) is 11.2 Å². The Morgan fingerprint density at radius 1 is 1.16 bits per heavy atom. The van der Waals surface area contributed by atoms with Gasteiger partial charge in [-0.05, 0) is 50.5 Å². The summed E-state index contributed by atoms with van der Waals surface area (Å²) >= 11 is 1.48. The summed E-state index contributed by atoms with van der Waals surface area (Å²) in [5.41, 5.74) is 5.60. The topological polar surface area (TPSA) is 50.2 Å². The van der Waals surface area contributed by atoms with Crippen molar-refractivity contribution in [3.63, 3.8) is 0 Å². The highest BCUT2D eigenvalue weighted by molar-refractivity contribution is 7.15. The lowest BCUT2D eigenvalue weighted by Gasteiger charge is -2.07. The fraction of sp³-hybridized carbons (Fsp3) is 0.333. The Bertz CT molecular complexity index is 644. The number of carboxylic acids is 1. The molecule has 0 bridgehead atoms. The number of nitrogens with zero attached hydrogens (tertiary/aromatic N) is 1. The lowest BCUT2D eigenvalue weighted by Crippen LogP contribution is -1.99. The largest absolute Gasteiger partial charge is 0.481 e. The predicted molar refractivity (Wildman–Crippen MR) is 77.8 cm³/mol. The fourth-order valence-corrected chi connectivity index (χ4v) is 3.17. The van der Waals surface area contributed by atoms with Gasteiger partial charge < -0.3 is 5.11 Å². The van der Waals surface area contributed by atoms with Crippen molar-refractivity contribution in [3.05, 3.63) is 39.4 Å². The number of hydrogen-bond acceptors (Lipinski definition) is 3. The van der Waals surface area contributed by atoms with Crippen LogP contribution in [0.2, 0.25) is 0 Å². The van der Waals surface area contributed by atoms with Gasteiger partial charge in [0.2, 0.25) is 0 Å². The van der Waals surface area contributed by atoms with Crippen molar-refractivity contribution in [2.24, 2.45) is 0 Å². The summed E-state index contributed by atoms with van der Waals surface area (Å²) in [6.07, 6.45) is 0.0490. The van der Waals surface area contributed by atoms with Gasteiger partial charge in [-0.2, -0.15) is 0 Å². The molecular weight excluding hydrogens is 258 g/mol. The molecule has 1 heterocycles. The molecule has 2 rings (SSSR count). The maximum atomic E-state index is 10.8. The van der Waals surface area contributed by atoms with Crippen LogP contribution < -0.4 is 0 Å². The molecule has 0 saturated heterocycles. The van der Waals surface area contributed by atoms with Crippen molar-refractivity contribution in [1.82, 2.24) is 4.98 Å². The average Bonchev–Trinajstić information content (AvgIpc) is 2.64. The molecule has 3 nitrogen and oxygen atoms in total. The van der Waals surface area contributed by atoms with Crippen LogP contribution >= 0.6 is 11.3 Å². The Morgan fingerprint density at radius 2 is 1.79 bits per heavy atom. The molecular formula is C15H17NO2S. The Labute approximate surface area is 116 Å². The van der Waals surface area contributed by atoms with Gasteiger partial charge in [0.25, 0.3) is 0 Å². The van der Waals surface area contributed by atoms with Gasteiger partial charge >= 0.3 is 5.97 Å². The minimum atomic E-state index is -0.810. The van der Waals surface area contributed by atoms with Gasteiger partial charge in [-0.3, -0.25) is 4.79 Å². The van der Waals surface area contributed by atoms with E-state index in [1.165, 1.54) is 28.0 Å². The maximum Gasteiger partial charge on any atom is 0.308 e. The van der Waals surface area contributed by atoms with Crippen molar-refractivity contribution < 1.29 is 9.90 Å². The van der Waals surface area contributed by atoms with E-state index in [1.54, 1.807) is 0 Å². The van der Waals surface area contributed by atoms with Crippen molar-refractivity contribution in [2.45, 2.75) is 34.1 Å². The van der Waals surface area contributed by atoms with E-state index in [1.807, 2.05) is 6.92 Å². The van der Waals surface area contributed by atoms with E-state index in [4.69, 9.17) is 5.11 Å². The summed E-state index contributed by atoms with van der Waals surface area (Å²) in [6.45, 7) is 8.11. The summed E-state index contributed by atoms with van der Waals surface area (Å²) in [4.78, 5) is 16.2. The number of aromatic nitrogens is 1. The monoisotopic (exact) mass is 275 g/mol. The predicted octanol–water partition coefficient (Wildman–Crippen LogP) is 3.67. The number of hydrogen-bond donors (Lipinski definition) is 1. The van der Waals surface area contributed by atoms with Gasteiger partial charge in [0.15, 0.2) is 0 Å². The van der Waals surface area contributed by atoms with Gasteiger partial charge in [0.05, 0.1) is 12.1 Å². The third-order valence-electron chi connectivity index (χ3n) is 3.28. The van der Waals surface area contributed by atoms with Crippen LogP contribution in [0, 0.1) is 27.7 Å². The molecule has 100 valence electrons. The standard InChI is InChI=1S/C15H17NO2S/c1-8-5-10(3)12(6-9(8)2)15-16-11(4)13(19-15)7-14(17)18/h5-6H,7H2,1-4H3,(H,17,18). The Morgan fingerprint density at radius 3 is 2.42 bits per heavy atom. The van der Waals surface area contributed by atoms with Gasteiger partial charge in [-0.15, -0.1) is 11.3 Å². The molecule has 0 aliphatic heterocycles. The maximum absolute atomic E-state index is 10.8. The zero-order valence-electron chi connectivity index (χ0n) is 11.6. The van der Waals surface area contributed by atoms with Crippen molar-refractivity contribution in [3.8, 4) is 10.6 Å². The Balaban J connectivity index is 2.48. The van der Waals surface area contributed by atoms with E-state index in [0.717, 1.165) is 21.1 Å². The van der Waals surface area contributed by atoms with E-state index in [2.05, 4.69) is 37.9 Å². The lowest BCUT2D eigenvalue weighted by molar-refractivity contribution is -0.136. The first-order chi connectivity index (χ1) is 8.88. The molecule has 0 fully saturated rings. The first kappa shape index (κ1) is 13.7. The van der Waals surface area contributed by atoms with Crippen LogP contribution in [-0.4, -0.2) is 16.1 Å². The molecule has 0 aliphatic rings. The van der Waals surface area contributed by atoms with Crippen molar-refractivity contribution in [1.29, 1.82) is 0 Å². The number of carbonyl (C=O) groups is 1. The molecule has 2 aromatic rings. The molecule has 0 spiro atoms. The summed E-state index contributed by atoms with van der Waals surface area (Å²) in [7, 11) is 0. The number of carboxylic acid groups (broad SMARTS) is 1. The smallest absolute Gasteiger partial charge is 0.308 e. The molecule has 1 N–H and O–H groups in total. The summed E-state index contributed by atoms with van der Waals surface area (Å²) in [5, 5.41) is 9.80. The number of aryl methyl sites for hydroxylation is 4. The fourth-order valence-electron chi connectivity index (χ4n) is 2.04. The van der Waals surface area contributed by atoms with Gasteiger partial charge in [0, 0.05) is 10.4 Å². The minimum absolute atomic E-state index is 0.0490. The van der Waals surface area contributed by atoms with Gasteiger partial charge in [0.1, 0.15) is 5.01 Å². The molecule has 0 saturated carbocycles. The van der Waals surface area contributed by atoms with Gasteiger partial charge in [-0.25, -0.2) is 4.98 Å². The number of benzene rings is 1. The van der Waals surface area contributed by atoms with E-state index in [0.29, 0.717) is 0 Å². The number of aliphatic carboxylic acids is 1. The van der Waals surface area contributed by atoms with E-state index >= 15 is 0 Å². The first-order valence-corrected chi connectivity index (χ1v) is 6.96. The van der Waals surface area contributed by atoms with Crippen LogP contribution in [0.1, 0.15) is 27.3 Å². The molecule has 4 heteroatoms. The van der Waals surface area contributed by atoms with Gasteiger partial charge in [-0.1, -0.05) is 6.07 Å². The van der Waals surface area contributed by atoms with Crippen LogP contribution in [0.4, 0.5) is 0 Å². The van der Waals surface area contributed by atoms with Crippen LogP contribution in [0.25, 0.3) is 10.6 Å². The third kappa shape index (κ3) is 2.84. The van der Waals surface area contributed by atoms with E-state index in [-0.39, 0.29) is 6.42 Å². The first-order valence-electron chi connectivity index (χ1n) is 6.15. The summed E-state index contributed by atoms with van der Waals surface area (Å²) < 4.78 is 0. The highest BCUT2D eigenvalue weighted by Crippen LogP contribution is 2.32. The van der Waals surface area contributed by atoms with E-state index < -0.39 is 5.97 Å². The SMILES string of the molecule is Cc1cc(C)c(-c2nc(C)c(CC(=O)O)s2)cc1C.